The molecule has 0 bridgehead atoms. The van der Waals surface area contributed by atoms with Gasteiger partial charge in [0.25, 0.3) is 0 Å². The van der Waals surface area contributed by atoms with Crippen molar-refractivity contribution in [3.63, 3.8) is 0 Å². The predicted octanol–water partition coefficient (Wildman–Crippen LogP) is 4.64. The molecule has 0 radical (unpaired) electrons. The summed E-state index contributed by atoms with van der Waals surface area (Å²) in [7, 11) is 0. The van der Waals surface area contributed by atoms with Gasteiger partial charge in [0.2, 0.25) is 0 Å². The highest BCUT2D eigenvalue weighted by molar-refractivity contribution is 9.10. The number of para-hydroxylation sites is 1. The molecular weight excluding hydrogens is 427 g/mol. The van der Waals surface area contributed by atoms with Gasteiger partial charge >= 0.3 is 5.97 Å². The van der Waals surface area contributed by atoms with Gasteiger partial charge < -0.3 is 15.3 Å². The van der Waals surface area contributed by atoms with E-state index < -0.39 is 11.8 Å². The number of halogens is 2. The number of oxime groups is 1. The van der Waals surface area contributed by atoms with Crippen LogP contribution in [0.25, 0.3) is 0 Å². The molecule has 0 amide bonds. The SMILES string of the molecule is N/C(=N\OC(=O)c1ccc(COc2ccccc2Br)cc1)c1ccc(F)cc1. The molecule has 0 aliphatic carbocycles. The van der Waals surface area contributed by atoms with Crippen LogP contribution in [0.4, 0.5) is 4.39 Å². The van der Waals surface area contributed by atoms with Gasteiger partial charge in [0.05, 0.1) is 10.0 Å². The molecule has 0 saturated heterocycles. The zero-order valence-corrected chi connectivity index (χ0v) is 16.2. The molecule has 0 aromatic heterocycles. The first kappa shape index (κ1) is 19.6. The van der Waals surface area contributed by atoms with E-state index in [9.17, 15) is 9.18 Å². The molecule has 3 rings (SSSR count). The van der Waals surface area contributed by atoms with E-state index in [1.165, 1.54) is 24.3 Å². The van der Waals surface area contributed by atoms with Gasteiger partial charge in [0.15, 0.2) is 5.84 Å². The van der Waals surface area contributed by atoms with Crippen molar-refractivity contribution >= 4 is 27.7 Å². The summed E-state index contributed by atoms with van der Waals surface area (Å²) in [6, 6.07) is 19.7. The van der Waals surface area contributed by atoms with Crippen LogP contribution in [0.15, 0.2) is 82.4 Å². The second-order valence-corrected chi connectivity index (χ2v) is 6.63. The summed E-state index contributed by atoms with van der Waals surface area (Å²) >= 11 is 3.42. The summed E-state index contributed by atoms with van der Waals surface area (Å²) in [6.45, 7) is 0.355. The van der Waals surface area contributed by atoms with Gasteiger partial charge in [-0.05, 0) is 70.0 Å². The van der Waals surface area contributed by atoms with Crippen molar-refractivity contribution in [2.75, 3.05) is 0 Å². The van der Waals surface area contributed by atoms with Crippen molar-refractivity contribution in [3.05, 3.63) is 99.8 Å². The van der Waals surface area contributed by atoms with E-state index in [1.807, 2.05) is 24.3 Å². The second-order valence-electron chi connectivity index (χ2n) is 5.78. The van der Waals surface area contributed by atoms with Crippen LogP contribution < -0.4 is 10.5 Å². The minimum atomic E-state index is -0.650. The molecule has 142 valence electrons. The Balaban J connectivity index is 1.58. The predicted molar refractivity (Wildman–Crippen MR) is 107 cm³/mol. The van der Waals surface area contributed by atoms with Gasteiger partial charge in [-0.2, -0.15) is 0 Å². The monoisotopic (exact) mass is 442 g/mol. The lowest BCUT2D eigenvalue weighted by molar-refractivity contribution is 0.0516. The fraction of sp³-hybridized carbons (Fsp3) is 0.0476. The molecule has 0 spiro atoms. The number of rotatable bonds is 6. The summed E-state index contributed by atoms with van der Waals surface area (Å²) in [4.78, 5) is 16.9. The second kappa shape index (κ2) is 9.14. The zero-order valence-electron chi connectivity index (χ0n) is 14.6. The number of carbonyl (C=O) groups excluding carboxylic acids is 1. The molecule has 2 N–H and O–H groups in total. The van der Waals surface area contributed by atoms with Crippen LogP contribution >= 0.6 is 15.9 Å². The van der Waals surface area contributed by atoms with Crippen LogP contribution in [0.2, 0.25) is 0 Å². The van der Waals surface area contributed by atoms with E-state index in [1.54, 1.807) is 24.3 Å². The lowest BCUT2D eigenvalue weighted by atomic mass is 10.1. The molecule has 0 heterocycles. The van der Waals surface area contributed by atoms with Crippen LogP contribution in [-0.4, -0.2) is 11.8 Å². The van der Waals surface area contributed by atoms with Gasteiger partial charge in [0, 0.05) is 5.56 Å². The lowest BCUT2D eigenvalue weighted by Gasteiger charge is -2.08. The normalized spacial score (nSPS) is 11.1. The van der Waals surface area contributed by atoms with Crippen molar-refractivity contribution in [3.8, 4) is 5.75 Å². The van der Waals surface area contributed by atoms with Gasteiger partial charge in [0.1, 0.15) is 18.2 Å². The summed E-state index contributed by atoms with van der Waals surface area (Å²) < 4.78 is 19.5. The number of carbonyl (C=O) groups is 1. The smallest absolute Gasteiger partial charge is 0.365 e. The highest BCUT2D eigenvalue weighted by Crippen LogP contribution is 2.24. The number of nitrogens with zero attached hydrogens (tertiary/aromatic N) is 1. The first-order chi connectivity index (χ1) is 13.5. The third-order valence-electron chi connectivity index (χ3n) is 3.79. The minimum absolute atomic E-state index is 0.0215. The van der Waals surface area contributed by atoms with E-state index in [4.69, 9.17) is 15.3 Å². The molecule has 7 heteroatoms. The average Bonchev–Trinajstić information content (AvgIpc) is 2.72. The third-order valence-corrected chi connectivity index (χ3v) is 4.44. The van der Waals surface area contributed by atoms with E-state index in [2.05, 4.69) is 21.1 Å². The van der Waals surface area contributed by atoms with E-state index in [0.29, 0.717) is 17.7 Å². The fourth-order valence-electron chi connectivity index (χ4n) is 2.28. The molecule has 5 nitrogen and oxygen atoms in total. The molecule has 3 aromatic rings. The third kappa shape index (κ3) is 5.17. The van der Waals surface area contributed by atoms with Crippen molar-refractivity contribution in [2.24, 2.45) is 10.9 Å². The Morgan fingerprint density at radius 1 is 0.964 bits per heavy atom. The van der Waals surface area contributed by atoms with Gasteiger partial charge in [-0.25, -0.2) is 9.18 Å². The molecule has 0 saturated carbocycles. The summed E-state index contributed by atoms with van der Waals surface area (Å²) in [6.07, 6.45) is 0. The summed E-state index contributed by atoms with van der Waals surface area (Å²) in [5, 5.41) is 3.60. The van der Waals surface area contributed by atoms with Crippen LogP contribution in [0.1, 0.15) is 21.5 Å². The van der Waals surface area contributed by atoms with Crippen molar-refractivity contribution < 1.29 is 18.8 Å². The molecule has 0 unspecified atom stereocenters. The number of ether oxygens (including phenoxy) is 1. The molecule has 0 fully saturated rings. The van der Waals surface area contributed by atoms with Crippen LogP contribution in [-0.2, 0) is 11.4 Å². The van der Waals surface area contributed by atoms with E-state index in [0.717, 1.165) is 15.8 Å². The van der Waals surface area contributed by atoms with Gasteiger partial charge in [-0.15, -0.1) is 0 Å². The molecule has 0 aliphatic heterocycles. The first-order valence-corrected chi connectivity index (χ1v) is 9.09. The minimum Gasteiger partial charge on any atom is -0.488 e. The van der Waals surface area contributed by atoms with Crippen molar-refractivity contribution in [1.82, 2.24) is 0 Å². The zero-order chi connectivity index (χ0) is 19.9. The van der Waals surface area contributed by atoms with E-state index >= 15 is 0 Å². The lowest BCUT2D eigenvalue weighted by Crippen LogP contribution is -2.15. The number of amidine groups is 1. The van der Waals surface area contributed by atoms with Crippen LogP contribution in [0.5, 0.6) is 5.75 Å². The highest BCUT2D eigenvalue weighted by atomic mass is 79.9. The number of hydrogen-bond donors (Lipinski definition) is 1. The van der Waals surface area contributed by atoms with Crippen molar-refractivity contribution in [2.45, 2.75) is 6.61 Å². The Labute approximate surface area is 169 Å². The first-order valence-electron chi connectivity index (χ1n) is 8.30. The average molecular weight is 443 g/mol. The molecule has 3 aromatic carbocycles. The van der Waals surface area contributed by atoms with Gasteiger partial charge in [-0.1, -0.05) is 29.4 Å². The number of benzene rings is 3. The standard InChI is InChI=1S/C21H16BrFN2O3/c22-18-3-1-2-4-19(18)27-13-14-5-7-16(8-6-14)21(26)28-25-20(24)15-9-11-17(23)12-10-15/h1-12H,13H2,(H2,24,25). The maximum absolute atomic E-state index is 12.9. The Hall–Kier alpha value is -3.19. The highest BCUT2D eigenvalue weighted by Gasteiger charge is 2.09. The van der Waals surface area contributed by atoms with Crippen molar-refractivity contribution in [1.29, 1.82) is 0 Å². The quantitative estimate of drug-likeness (QED) is 0.261. The molecule has 0 aliphatic rings. The maximum atomic E-state index is 12.9. The Kier molecular flexibility index (Phi) is 6.39. The Morgan fingerprint density at radius 2 is 1.61 bits per heavy atom. The van der Waals surface area contributed by atoms with Gasteiger partial charge in [-0.3, -0.25) is 0 Å². The van der Waals surface area contributed by atoms with E-state index in [-0.39, 0.29) is 5.84 Å². The summed E-state index contributed by atoms with van der Waals surface area (Å²) in [5.41, 5.74) is 7.40. The fourth-order valence-corrected chi connectivity index (χ4v) is 2.68. The van der Waals surface area contributed by atoms with Crippen LogP contribution in [0.3, 0.4) is 0 Å². The number of hydrogen-bond acceptors (Lipinski definition) is 4. The Bertz CT molecular complexity index is 989. The summed E-state index contributed by atoms with van der Waals surface area (Å²) in [5.74, 6) is -0.330. The topological polar surface area (TPSA) is 73.9 Å². The maximum Gasteiger partial charge on any atom is 0.365 e. The molecular formula is C21H16BrFN2O3. The largest absolute Gasteiger partial charge is 0.488 e. The van der Waals surface area contributed by atoms with Crippen LogP contribution in [0, 0.1) is 5.82 Å². The molecule has 28 heavy (non-hydrogen) atoms. The molecule has 0 atom stereocenters. The number of nitrogens with two attached hydrogens (primary N) is 1. The Morgan fingerprint density at radius 3 is 2.29 bits per heavy atom.